The van der Waals surface area contributed by atoms with Crippen LogP contribution in [0.15, 0.2) is 42.6 Å². The van der Waals surface area contributed by atoms with Crippen LogP contribution in [0.25, 0.3) is 0 Å². The number of benzene rings is 1. The number of halogens is 3. The molecule has 0 unspecified atom stereocenters. The maximum Gasteiger partial charge on any atom is 0.416 e. The molecule has 0 amide bonds. The maximum atomic E-state index is 12.4. The lowest BCUT2D eigenvalue weighted by molar-refractivity contribution is -0.137. The first-order valence-corrected chi connectivity index (χ1v) is 6.03. The van der Waals surface area contributed by atoms with Crippen LogP contribution >= 0.6 is 0 Å². The Balaban J connectivity index is 2.00. The van der Waals surface area contributed by atoms with Crippen molar-refractivity contribution < 1.29 is 13.2 Å². The molecule has 106 valence electrons. The number of alkyl halides is 3. The van der Waals surface area contributed by atoms with Crippen LogP contribution in [0.1, 0.15) is 11.1 Å². The highest BCUT2D eigenvalue weighted by molar-refractivity contribution is 5.51. The van der Waals surface area contributed by atoms with Gasteiger partial charge in [0, 0.05) is 31.5 Å². The molecule has 0 atom stereocenters. The van der Waals surface area contributed by atoms with E-state index in [0.29, 0.717) is 6.54 Å². The van der Waals surface area contributed by atoms with Crippen LogP contribution in [0.3, 0.4) is 0 Å². The number of hydrogen-bond donors (Lipinski definition) is 2. The first-order chi connectivity index (χ1) is 9.49. The largest absolute Gasteiger partial charge is 0.416 e. The van der Waals surface area contributed by atoms with Gasteiger partial charge in [-0.25, -0.2) is 4.98 Å². The Kier molecular flexibility index (Phi) is 4.12. The van der Waals surface area contributed by atoms with E-state index in [0.717, 1.165) is 29.2 Å². The van der Waals surface area contributed by atoms with Gasteiger partial charge in [0.25, 0.3) is 0 Å². The van der Waals surface area contributed by atoms with E-state index >= 15 is 0 Å². The van der Waals surface area contributed by atoms with Crippen molar-refractivity contribution in [1.82, 2.24) is 4.98 Å². The topological polar surface area (TPSA) is 37.0 Å². The second-order valence-corrected chi connectivity index (χ2v) is 4.23. The molecule has 1 aromatic carbocycles. The van der Waals surface area contributed by atoms with Gasteiger partial charge in [0.05, 0.1) is 5.56 Å². The molecule has 0 aliphatic rings. The Morgan fingerprint density at radius 3 is 2.40 bits per heavy atom. The summed E-state index contributed by atoms with van der Waals surface area (Å²) >= 11 is 0. The third kappa shape index (κ3) is 3.63. The molecular formula is C14H14F3N3. The molecule has 0 saturated carbocycles. The normalized spacial score (nSPS) is 11.2. The molecule has 0 aliphatic heterocycles. The molecule has 0 radical (unpaired) electrons. The van der Waals surface area contributed by atoms with Crippen LogP contribution in [0.2, 0.25) is 0 Å². The summed E-state index contributed by atoms with van der Waals surface area (Å²) in [4.78, 5) is 4.08. The van der Waals surface area contributed by atoms with Crippen molar-refractivity contribution in [3.05, 3.63) is 53.7 Å². The zero-order chi connectivity index (χ0) is 14.6. The molecule has 20 heavy (non-hydrogen) atoms. The lowest BCUT2D eigenvalue weighted by Gasteiger charge is -2.10. The van der Waals surface area contributed by atoms with Gasteiger partial charge in [-0.05, 0) is 23.8 Å². The standard InChI is InChI=1S/C14H14F3N3/c1-18-13-8-12(6-7-19-13)20-9-10-2-4-11(5-3-10)14(15,16)17/h2-8H,9H2,1H3,(H2,18,19,20). The minimum atomic E-state index is -4.29. The highest BCUT2D eigenvalue weighted by Gasteiger charge is 2.29. The molecule has 1 aromatic heterocycles. The number of nitrogens with zero attached hydrogens (tertiary/aromatic N) is 1. The van der Waals surface area contributed by atoms with Crippen molar-refractivity contribution in [2.24, 2.45) is 0 Å². The first-order valence-electron chi connectivity index (χ1n) is 6.03. The number of hydrogen-bond acceptors (Lipinski definition) is 3. The Morgan fingerprint density at radius 2 is 1.80 bits per heavy atom. The number of rotatable bonds is 4. The van der Waals surface area contributed by atoms with Crippen molar-refractivity contribution in [3.8, 4) is 0 Å². The van der Waals surface area contributed by atoms with Gasteiger partial charge in [-0.2, -0.15) is 13.2 Å². The summed E-state index contributed by atoms with van der Waals surface area (Å²) in [7, 11) is 1.77. The summed E-state index contributed by atoms with van der Waals surface area (Å²) in [5, 5.41) is 6.05. The third-order valence-corrected chi connectivity index (χ3v) is 2.79. The lowest BCUT2D eigenvalue weighted by Crippen LogP contribution is -2.05. The van der Waals surface area contributed by atoms with Crippen LogP contribution in [0, 0.1) is 0 Å². The smallest absolute Gasteiger partial charge is 0.381 e. The van der Waals surface area contributed by atoms with Crippen molar-refractivity contribution in [3.63, 3.8) is 0 Å². The highest BCUT2D eigenvalue weighted by Crippen LogP contribution is 2.29. The average molecular weight is 281 g/mol. The van der Waals surface area contributed by atoms with Crippen molar-refractivity contribution in [1.29, 1.82) is 0 Å². The first kappa shape index (κ1) is 14.2. The minimum absolute atomic E-state index is 0.450. The molecule has 0 fully saturated rings. The fraction of sp³-hybridized carbons (Fsp3) is 0.214. The summed E-state index contributed by atoms with van der Waals surface area (Å²) in [6.07, 6.45) is -2.64. The molecular weight excluding hydrogens is 267 g/mol. The molecule has 0 spiro atoms. The van der Waals surface area contributed by atoms with E-state index in [9.17, 15) is 13.2 Å². The molecule has 2 N–H and O–H groups in total. The molecule has 2 aromatic rings. The Labute approximate surface area is 114 Å². The molecule has 0 aliphatic carbocycles. The summed E-state index contributed by atoms with van der Waals surface area (Å²) in [6.45, 7) is 0.450. The van der Waals surface area contributed by atoms with E-state index < -0.39 is 11.7 Å². The summed E-state index contributed by atoms with van der Waals surface area (Å²) in [6, 6.07) is 8.73. The fourth-order valence-electron chi connectivity index (χ4n) is 1.69. The van der Waals surface area contributed by atoms with Crippen LogP contribution in [0.4, 0.5) is 24.7 Å². The Morgan fingerprint density at radius 1 is 1.10 bits per heavy atom. The quantitative estimate of drug-likeness (QED) is 0.896. The lowest BCUT2D eigenvalue weighted by atomic mass is 10.1. The number of pyridine rings is 1. The van der Waals surface area contributed by atoms with Gasteiger partial charge in [-0.3, -0.25) is 0 Å². The van der Waals surface area contributed by atoms with Gasteiger partial charge >= 0.3 is 6.18 Å². The zero-order valence-electron chi connectivity index (χ0n) is 10.8. The third-order valence-electron chi connectivity index (χ3n) is 2.79. The van der Waals surface area contributed by atoms with Crippen molar-refractivity contribution >= 4 is 11.5 Å². The van der Waals surface area contributed by atoms with Gasteiger partial charge in [-0.1, -0.05) is 12.1 Å². The van der Waals surface area contributed by atoms with Gasteiger partial charge in [0.15, 0.2) is 0 Å². The van der Waals surface area contributed by atoms with Crippen LogP contribution in [0.5, 0.6) is 0 Å². The Hall–Kier alpha value is -2.24. The number of nitrogens with one attached hydrogen (secondary N) is 2. The summed E-state index contributed by atoms with van der Waals surface area (Å²) in [5.41, 5.74) is 0.993. The second kappa shape index (κ2) is 5.81. The van der Waals surface area contributed by atoms with E-state index in [1.165, 1.54) is 12.1 Å². The van der Waals surface area contributed by atoms with Crippen LogP contribution in [-0.2, 0) is 12.7 Å². The van der Waals surface area contributed by atoms with E-state index in [2.05, 4.69) is 15.6 Å². The zero-order valence-corrected chi connectivity index (χ0v) is 10.8. The van der Waals surface area contributed by atoms with Crippen molar-refractivity contribution in [2.45, 2.75) is 12.7 Å². The highest BCUT2D eigenvalue weighted by atomic mass is 19.4. The predicted molar refractivity (Wildman–Crippen MR) is 72.6 cm³/mol. The Bertz CT molecular complexity index is 565. The van der Waals surface area contributed by atoms with E-state index in [4.69, 9.17) is 0 Å². The molecule has 1 heterocycles. The minimum Gasteiger partial charge on any atom is -0.381 e. The van der Waals surface area contributed by atoms with Gasteiger partial charge < -0.3 is 10.6 Å². The molecule has 2 rings (SSSR count). The molecule has 0 saturated heterocycles. The van der Waals surface area contributed by atoms with Gasteiger partial charge in [-0.15, -0.1) is 0 Å². The predicted octanol–water partition coefficient (Wildman–Crippen LogP) is 3.75. The van der Waals surface area contributed by atoms with Gasteiger partial charge in [0.2, 0.25) is 0 Å². The van der Waals surface area contributed by atoms with E-state index in [1.807, 2.05) is 6.07 Å². The monoisotopic (exact) mass is 281 g/mol. The van der Waals surface area contributed by atoms with Crippen LogP contribution < -0.4 is 10.6 Å². The van der Waals surface area contributed by atoms with Gasteiger partial charge in [0.1, 0.15) is 5.82 Å². The fourth-order valence-corrected chi connectivity index (χ4v) is 1.69. The van der Waals surface area contributed by atoms with E-state index in [1.54, 1.807) is 19.3 Å². The molecule has 6 heteroatoms. The second-order valence-electron chi connectivity index (χ2n) is 4.23. The summed E-state index contributed by atoms with van der Waals surface area (Å²) in [5.74, 6) is 0.724. The average Bonchev–Trinajstić information content (AvgIpc) is 2.45. The van der Waals surface area contributed by atoms with Crippen LogP contribution in [-0.4, -0.2) is 12.0 Å². The molecule has 3 nitrogen and oxygen atoms in total. The summed E-state index contributed by atoms with van der Waals surface area (Å²) < 4.78 is 37.3. The SMILES string of the molecule is CNc1cc(NCc2ccc(C(F)(F)F)cc2)ccn1. The molecule has 0 bridgehead atoms. The van der Waals surface area contributed by atoms with Crippen molar-refractivity contribution in [2.75, 3.05) is 17.7 Å². The maximum absolute atomic E-state index is 12.4. The number of anilines is 2. The van der Waals surface area contributed by atoms with E-state index in [-0.39, 0.29) is 0 Å². The number of aromatic nitrogens is 1.